The molecule has 0 aliphatic heterocycles. The largest absolute Gasteiger partial charge is 0.395 e. The van der Waals surface area contributed by atoms with Gasteiger partial charge in [0.25, 0.3) is 0 Å². The van der Waals surface area contributed by atoms with Crippen LogP contribution >= 0.6 is 0 Å². The molecule has 0 heterocycles. The summed E-state index contributed by atoms with van der Waals surface area (Å²) in [6.45, 7) is 6.72. The first-order valence-corrected chi connectivity index (χ1v) is 7.81. The first-order valence-electron chi connectivity index (χ1n) is 6.32. The minimum absolute atomic E-state index is 0.391. The molecule has 0 aromatic heterocycles. The van der Waals surface area contributed by atoms with E-state index in [9.17, 15) is 17.6 Å². The molecule has 1 amide bonds. The SMILES string of the molecule is CC(NS(=O)(=O)c1cccc(F)c1N)C(=O)NC(C)(C)C. The maximum atomic E-state index is 13.3. The second-order valence-corrected chi connectivity index (χ2v) is 7.42. The average Bonchev–Trinajstić information content (AvgIpc) is 2.29. The molecule has 6 nitrogen and oxygen atoms in total. The molecule has 0 radical (unpaired) electrons. The zero-order chi connectivity index (χ0) is 16.4. The van der Waals surface area contributed by atoms with E-state index in [2.05, 4.69) is 10.0 Å². The van der Waals surface area contributed by atoms with E-state index in [1.807, 2.05) is 0 Å². The number of nitrogens with two attached hydrogens (primary N) is 1. The molecule has 0 bridgehead atoms. The third-order valence-electron chi connectivity index (χ3n) is 2.53. The highest BCUT2D eigenvalue weighted by Gasteiger charge is 2.26. The topological polar surface area (TPSA) is 101 Å². The van der Waals surface area contributed by atoms with Crippen LogP contribution in [0.4, 0.5) is 10.1 Å². The minimum atomic E-state index is -4.09. The maximum Gasteiger partial charge on any atom is 0.243 e. The molecule has 1 unspecified atom stereocenters. The molecule has 0 spiro atoms. The van der Waals surface area contributed by atoms with Crippen molar-refractivity contribution < 1.29 is 17.6 Å². The predicted octanol–water partition coefficient (Wildman–Crippen LogP) is 0.989. The molecule has 1 atom stereocenters. The highest BCUT2D eigenvalue weighted by molar-refractivity contribution is 7.89. The number of carbonyl (C=O) groups is 1. The highest BCUT2D eigenvalue weighted by Crippen LogP contribution is 2.21. The Hall–Kier alpha value is -1.67. The van der Waals surface area contributed by atoms with Gasteiger partial charge in [0.1, 0.15) is 10.7 Å². The van der Waals surface area contributed by atoms with Gasteiger partial charge in [-0.1, -0.05) is 6.07 Å². The van der Waals surface area contributed by atoms with Crippen LogP contribution in [0.1, 0.15) is 27.7 Å². The van der Waals surface area contributed by atoms with Gasteiger partial charge in [0.2, 0.25) is 15.9 Å². The van der Waals surface area contributed by atoms with E-state index in [0.717, 1.165) is 6.07 Å². The number of nitrogens with one attached hydrogen (secondary N) is 2. The van der Waals surface area contributed by atoms with Crippen LogP contribution in [-0.4, -0.2) is 25.9 Å². The molecule has 0 fully saturated rings. The Morgan fingerprint density at radius 2 is 1.90 bits per heavy atom. The number of nitrogen functional groups attached to an aromatic ring is 1. The van der Waals surface area contributed by atoms with Gasteiger partial charge in [-0.15, -0.1) is 0 Å². The second-order valence-electron chi connectivity index (χ2n) is 5.73. The van der Waals surface area contributed by atoms with Gasteiger partial charge in [-0.25, -0.2) is 12.8 Å². The van der Waals surface area contributed by atoms with E-state index in [0.29, 0.717) is 0 Å². The summed E-state index contributed by atoms with van der Waals surface area (Å²) < 4.78 is 39.8. The van der Waals surface area contributed by atoms with Gasteiger partial charge in [-0.3, -0.25) is 4.79 Å². The Kier molecular flexibility index (Phi) is 4.95. The molecule has 21 heavy (non-hydrogen) atoms. The van der Waals surface area contributed by atoms with E-state index in [1.54, 1.807) is 20.8 Å². The smallest absolute Gasteiger partial charge is 0.243 e. The molecule has 1 aromatic carbocycles. The fourth-order valence-corrected chi connectivity index (χ4v) is 2.92. The molecule has 118 valence electrons. The number of anilines is 1. The van der Waals surface area contributed by atoms with Crippen molar-refractivity contribution in [3.05, 3.63) is 24.0 Å². The maximum absolute atomic E-state index is 13.3. The number of rotatable bonds is 4. The lowest BCUT2D eigenvalue weighted by molar-refractivity contribution is -0.123. The number of amides is 1. The van der Waals surface area contributed by atoms with Crippen LogP contribution < -0.4 is 15.8 Å². The summed E-state index contributed by atoms with van der Waals surface area (Å²) >= 11 is 0. The molecule has 0 aliphatic rings. The second kappa shape index (κ2) is 5.98. The molecular weight excluding hydrogens is 297 g/mol. The predicted molar refractivity (Wildman–Crippen MR) is 78.5 cm³/mol. The van der Waals surface area contributed by atoms with Crippen LogP contribution in [0.25, 0.3) is 0 Å². The van der Waals surface area contributed by atoms with Gasteiger partial charge in [0.15, 0.2) is 0 Å². The fraction of sp³-hybridized carbons (Fsp3) is 0.462. The van der Waals surface area contributed by atoms with Gasteiger partial charge in [0.05, 0.1) is 11.7 Å². The standard InChI is InChI=1S/C13H20FN3O3S/c1-8(12(18)16-13(2,3)4)17-21(19,20)10-7-5-6-9(14)11(10)15/h5-8,17H,15H2,1-4H3,(H,16,18). The Bertz CT molecular complexity index is 639. The van der Waals surface area contributed by atoms with Crippen LogP contribution in [0.3, 0.4) is 0 Å². The van der Waals surface area contributed by atoms with E-state index < -0.39 is 43.9 Å². The molecule has 8 heteroatoms. The molecular formula is C13H20FN3O3S. The fourth-order valence-electron chi connectivity index (χ4n) is 1.58. The molecule has 0 saturated heterocycles. The summed E-state index contributed by atoms with van der Waals surface area (Å²) in [7, 11) is -4.09. The first-order chi connectivity index (χ1) is 9.44. The molecule has 1 rings (SSSR count). The monoisotopic (exact) mass is 317 g/mol. The Morgan fingerprint density at radius 1 is 1.33 bits per heavy atom. The molecule has 4 N–H and O–H groups in total. The normalized spacial score (nSPS) is 13.8. The number of carbonyl (C=O) groups excluding carboxylic acids is 1. The lowest BCUT2D eigenvalue weighted by atomic mass is 10.1. The summed E-state index contributed by atoms with van der Waals surface area (Å²) in [5, 5.41) is 2.65. The third-order valence-corrected chi connectivity index (χ3v) is 4.12. The van der Waals surface area contributed by atoms with Crippen LogP contribution in [0.15, 0.2) is 23.1 Å². The summed E-state index contributed by atoms with van der Waals surface area (Å²) in [6, 6.07) is 2.45. The first kappa shape index (κ1) is 17.4. The van der Waals surface area contributed by atoms with Gasteiger partial charge in [-0.2, -0.15) is 4.72 Å². The number of benzene rings is 1. The van der Waals surface area contributed by atoms with Crippen LogP contribution in [0.2, 0.25) is 0 Å². The molecule has 0 saturated carbocycles. The van der Waals surface area contributed by atoms with Gasteiger partial charge in [-0.05, 0) is 39.8 Å². The van der Waals surface area contributed by atoms with Crippen molar-refractivity contribution in [2.75, 3.05) is 5.73 Å². The van der Waals surface area contributed by atoms with Crippen molar-refractivity contribution in [1.82, 2.24) is 10.0 Å². The minimum Gasteiger partial charge on any atom is -0.395 e. The number of hydrogen-bond donors (Lipinski definition) is 3. The van der Waals surface area contributed by atoms with Crippen molar-refractivity contribution in [3.63, 3.8) is 0 Å². The zero-order valence-corrected chi connectivity index (χ0v) is 13.2. The summed E-state index contributed by atoms with van der Waals surface area (Å²) in [4.78, 5) is 11.5. The van der Waals surface area contributed by atoms with Crippen molar-refractivity contribution in [3.8, 4) is 0 Å². The highest BCUT2D eigenvalue weighted by atomic mass is 32.2. The van der Waals surface area contributed by atoms with Gasteiger partial charge < -0.3 is 11.1 Å². The van der Waals surface area contributed by atoms with E-state index in [1.165, 1.54) is 19.1 Å². The molecule has 0 aliphatic carbocycles. The van der Waals surface area contributed by atoms with Crippen molar-refractivity contribution in [2.24, 2.45) is 0 Å². The Morgan fingerprint density at radius 3 is 2.43 bits per heavy atom. The summed E-state index contributed by atoms with van der Waals surface area (Å²) in [6.07, 6.45) is 0. The third kappa shape index (κ3) is 4.68. The summed E-state index contributed by atoms with van der Waals surface area (Å²) in [5.41, 5.74) is 4.46. The van der Waals surface area contributed by atoms with Crippen LogP contribution in [0, 0.1) is 5.82 Å². The van der Waals surface area contributed by atoms with Crippen LogP contribution in [-0.2, 0) is 14.8 Å². The number of hydrogen-bond acceptors (Lipinski definition) is 4. The van der Waals surface area contributed by atoms with E-state index >= 15 is 0 Å². The summed E-state index contributed by atoms with van der Waals surface area (Å²) in [5.74, 6) is -1.31. The van der Waals surface area contributed by atoms with Crippen molar-refractivity contribution in [2.45, 2.75) is 44.2 Å². The number of sulfonamides is 1. The van der Waals surface area contributed by atoms with Crippen LogP contribution in [0.5, 0.6) is 0 Å². The number of halogens is 1. The Labute approximate surface area is 124 Å². The average molecular weight is 317 g/mol. The lowest BCUT2D eigenvalue weighted by Gasteiger charge is -2.23. The zero-order valence-electron chi connectivity index (χ0n) is 12.4. The Balaban J connectivity index is 2.95. The van der Waals surface area contributed by atoms with Gasteiger partial charge in [0, 0.05) is 5.54 Å². The van der Waals surface area contributed by atoms with Gasteiger partial charge >= 0.3 is 0 Å². The van der Waals surface area contributed by atoms with E-state index in [-0.39, 0.29) is 0 Å². The molecule has 1 aromatic rings. The number of para-hydroxylation sites is 1. The van der Waals surface area contributed by atoms with E-state index in [4.69, 9.17) is 5.73 Å². The lowest BCUT2D eigenvalue weighted by Crippen LogP contribution is -2.50. The quantitative estimate of drug-likeness (QED) is 0.721. The van der Waals surface area contributed by atoms with Crippen molar-refractivity contribution in [1.29, 1.82) is 0 Å². The van der Waals surface area contributed by atoms with Crippen molar-refractivity contribution >= 4 is 21.6 Å².